The largest absolute Gasteiger partial charge is 0.381 e. The van der Waals surface area contributed by atoms with E-state index in [-0.39, 0.29) is 5.54 Å². The number of hydrogen-bond acceptors (Lipinski definition) is 3. The van der Waals surface area contributed by atoms with Crippen LogP contribution < -0.4 is 5.73 Å². The van der Waals surface area contributed by atoms with Crippen molar-refractivity contribution in [2.75, 3.05) is 32.8 Å². The Kier molecular flexibility index (Phi) is 5.03. The van der Waals surface area contributed by atoms with Crippen LogP contribution in [0.15, 0.2) is 0 Å². The van der Waals surface area contributed by atoms with Crippen LogP contribution in [-0.4, -0.2) is 43.3 Å². The molecule has 0 aliphatic carbocycles. The molecule has 90 valence electrons. The summed E-state index contributed by atoms with van der Waals surface area (Å²) in [4.78, 5) is 2.56. The van der Waals surface area contributed by atoms with Gasteiger partial charge in [0, 0.05) is 31.8 Å². The topological polar surface area (TPSA) is 38.5 Å². The SMILES string of the molecule is CCN(CC(C)C)C1(CN)CCOCC1. The van der Waals surface area contributed by atoms with Gasteiger partial charge in [0.05, 0.1) is 0 Å². The van der Waals surface area contributed by atoms with Gasteiger partial charge in [0.15, 0.2) is 0 Å². The van der Waals surface area contributed by atoms with Gasteiger partial charge in [-0.1, -0.05) is 20.8 Å². The Morgan fingerprint density at radius 1 is 1.33 bits per heavy atom. The maximum Gasteiger partial charge on any atom is 0.0484 e. The van der Waals surface area contributed by atoms with Crippen molar-refractivity contribution < 1.29 is 4.74 Å². The molecule has 0 unspecified atom stereocenters. The highest BCUT2D eigenvalue weighted by Gasteiger charge is 2.36. The Bertz CT molecular complexity index is 176. The van der Waals surface area contributed by atoms with Crippen molar-refractivity contribution in [2.24, 2.45) is 11.7 Å². The molecule has 2 N–H and O–H groups in total. The molecule has 0 spiro atoms. The van der Waals surface area contributed by atoms with Crippen LogP contribution in [0.5, 0.6) is 0 Å². The lowest BCUT2D eigenvalue weighted by atomic mass is 9.87. The lowest BCUT2D eigenvalue weighted by Crippen LogP contribution is -2.57. The Hall–Kier alpha value is -0.120. The number of nitrogens with two attached hydrogens (primary N) is 1. The summed E-state index contributed by atoms with van der Waals surface area (Å²) in [6.07, 6.45) is 2.17. The van der Waals surface area contributed by atoms with Crippen LogP contribution in [-0.2, 0) is 4.74 Å². The summed E-state index contributed by atoms with van der Waals surface area (Å²) in [5, 5.41) is 0. The first-order valence-corrected chi connectivity index (χ1v) is 6.17. The standard InChI is InChI=1S/C12H26N2O/c1-4-14(9-11(2)3)12(10-13)5-7-15-8-6-12/h11H,4-10,13H2,1-3H3. The van der Waals surface area contributed by atoms with Gasteiger partial charge in [-0.25, -0.2) is 0 Å². The summed E-state index contributed by atoms with van der Waals surface area (Å²) in [6.45, 7) is 11.5. The van der Waals surface area contributed by atoms with Gasteiger partial charge in [-0.05, 0) is 25.3 Å². The lowest BCUT2D eigenvalue weighted by molar-refractivity contribution is -0.0264. The maximum atomic E-state index is 5.99. The van der Waals surface area contributed by atoms with Gasteiger partial charge in [-0.15, -0.1) is 0 Å². The quantitative estimate of drug-likeness (QED) is 0.753. The molecule has 0 aromatic carbocycles. The zero-order valence-electron chi connectivity index (χ0n) is 10.5. The molecule has 0 amide bonds. The Morgan fingerprint density at radius 3 is 2.33 bits per heavy atom. The van der Waals surface area contributed by atoms with Crippen LogP contribution >= 0.6 is 0 Å². The van der Waals surface area contributed by atoms with Crippen molar-refractivity contribution in [1.82, 2.24) is 4.90 Å². The van der Waals surface area contributed by atoms with E-state index >= 15 is 0 Å². The molecule has 3 nitrogen and oxygen atoms in total. The molecular weight excluding hydrogens is 188 g/mol. The van der Waals surface area contributed by atoms with Crippen LogP contribution in [0.25, 0.3) is 0 Å². The molecule has 0 aromatic rings. The second kappa shape index (κ2) is 5.83. The molecule has 1 aliphatic rings. The van der Waals surface area contributed by atoms with Crippen molar-refractivity contribution in [3.63, 3.8) is 0 Å². The van der Waals surface area contributed by atoms with Crippen LogP contribution in [0.2, 0.25) is 0 Å². The Morgan fingerprint density at radius 2 is 1.93 bits per heavy atom. The Labute approximate surface area is 94.0 Å². The predicted molar refractivity (Wildman–Crippen MR) is 63.9 cm³/mol. The van der Waals surface area contributed by atoms with E-state index in [1.807, 2.05) is 0 Å². The molecule has 0 radical (unpaired) electrons. The number of rotatable bonds is 5. The summed E-state index contributed by atoms with van der Waals surface area (Å²) in [7, 11) is 0. The molecule has 0 saturated carbocycles. The van der Waals surface area contributed by atoms with E-state index in [1.54, 1.807) is 0 Å². The second-order valence-electron chi connectivity index (χ2n) is 4.97. The van der Waals surface area contributed by atoms with Gasteiger partial charge in [0.25, 0.3) is 0 Å². The highest BCUT2D eigenvalue weighted by Crippen LogP contribution is 2.27. The number of likely N-dealkylation sites (N-methyl/N-ethyl adjacent to an activating group) is 1. The monoisotopic (exact) mass is 214 g/mol. The molecule has 1 saturated heterocycles. The third-order valence-electron chi connectivity index (χ3n) is 3.44. The predicted octanol–water partition coefficient (Wildman–Crippen LogP) is 1.47. The van der Waals surface area contributed by atoms with Gasteiger partial charge in [0.2, 0.25) is 0 Å². The van der Waals surface area contributed by atoms with Gasteiger partial charge in [-0.3, -0.25) is 4.90 Å². The van der Waals surface area contributed by atoms with Crippen molar-refractivity contribution in [3.8, 4) is 0 Å². The first-order chi connectivity index (χ1) is 7.14. The fourth-order valence-electron chi connectivity index (χ4n) is 2.50. The molecule has 1 rings (SSSR count). The third-order valence-corrected chi connectivity index (χ3v) is 3.44. The molecule has 1 heterocycles. The molecule has 1 aliphatic heterocycles. The number of ether oxygens (including phenoxy) is 1. The van der Waals surface area contributed by atoms with Crippen molar-refractivity contribution >= 4 is 0 Å². The van der Waals surface area contributed by atoms with Crippen LogP contribution in [0.4, 0.5) is 0 Å². The maximum absolute atomic E-state index is 5.99. The van der Waals surface area contributed by atoms with E-state index < -0.39 is 0 Å². The zero-order chi connectivity index (χ0) is 11.3. The van der Waals surface area contributed by atoms with E-state index in [0.717, 1.165) is 45.7 Å². The van der Waals surface area contributed by atoms with Crippen molar-refractivity contribution in [3.05, 3.63) is 0 Å². The normalized spacial score (nSPS) is 21.2. The Balaban J connectivity index is 2.67. The van der Waals surface area contributed by atoms with E-state index in [1.165, 1.54) is 0 Å². The minimum absolute atomic E-state index is 0.206. The molecule has 15 heavy (non-hydrogen) atoms. The van der Waals surface area contributed by atoms with Crippen LogP contribution in [0, 0.1) is 5.92 Å². The minimum atomic E-state index is 0.206. The van der Waals surface area contributed by atoms with Gasteiger partial charge in [0.1, 0.15) is 0 Å². The summed E-state index contributed by atoms with van der Waals surface area (Å²) >= 11 is 0. The summed E-state index contributed by atoms with van der Waals surface area (Å²) in [5.41, 5.74) is 6.20. The highest BCUT2D eigenvalue weighted by atomic mass is 16.5. The number of nitrogens with zero attached hydrogens (tertiary/aromatic N) is 1. The molecule has 3 heteroatoms. The average molecular weight is 214 g/mol. The highest BCUT2D eigenvalue weighted by molar-refractivity contribution is 4.93. The van der Waals surface area contributed by atoms with Crippen LogP contribution in [0.1, 0.15) is 33.6 Å². The molecule has 0 atom stereocenters. The molecule has 0 bridgehead atoms. The van der Waals surface area contributed by atoms with E-state index in [9.17, 15) is 0 Å². The molecular formula is C12H26N2O. The van der Waals surface area contributed by atoms with E-state index in [2.05, 4.69) is 25.7 Å². The van der Waals surface area contributed by atoms with Crippen LogP contribution in [0.3, 0.4) is 0 Å². The minimum Gasteiger partial charge on any atom is -0.381 e. The number of hydrogen-bond donors (Lipinski definition) is 1. The first-order valence-electron chi connectivity index (χ1n) is 6.17. The molecule has 0 aromatic heterocycles. The molecule has 1 fully saturated rings. The van der Waals surface area contributed by atoms with Gasteiger partial charge in [-0.2, -0.15) is 0 Å². The van der Waals surface area contributed by atoms with E-state index in [4.69, 9.17) is 10.5 Å². The average Bonchev–Trinajstić information content (AvgIpc) is 2.26. The second-order valence-corrected chi connectivity index (χ2v) is 4.97. The summed E-state index contributed by atoms with van der Waals surface area (Å²) in [5.74, 6) is 0.705. The smallest absolute Gasteiger partial charge is 0.0484 e. The van der Waals surface area contributed by atoms with Crippen molar-refractivity contribution in [1.29, 1.82) is 0 Å². The van der Waals surface area contributed by atoms with E-state index in [0.29, 0.717) is 5.92 Å². The fourth-order valence-corrected chi connectivity index (χ4v) is 2.50. The van der Waals surface area contributed by atoms with Crippen molar-refractivity contribution in [2.45, 2.75) is 39.2 Å². The van der Waals surface area contributed by atoms with Gasteiger partial charge < -0.3 is 10.5 Å². The first kappa shape index (κ1) is 12.9. The summed E-state index contributed by atoms with van der Waals surface area (Å²) in [6, 6.07) is 0. The fraction of sp³-hybridized carbons (Fsp3) is 1.00. The lowest BCUT2D eigenvalue weighted by Gasteiger charge is -2.46. The summed E-state index contributed by atoms with van der Waals surface area (Å²) < 4.78 is 5.44. The third kappa shape index (κ3) is 3.16. The zero-order valence-corrected chi connectivity index (χ0v) is 10.5. The van der Waals surface area contributed by atoms with Gasteiger partial charge >= 0.3 is 0 Å².